The average Bonchev–Trinajstić information content (AvgIpc) is 2.60. The average molecular weight is 362 g/mol. The Bertz CT molecular complexity index is 601. The van der Waals surface area contributed by atoms with Crippen LogP contribution in [-0.2, 0) is 22.3 Å². The number of carbonyl (C=O) groups excluding carboxylic acids is 1. The van der Waals surface area contributed by atoms with Crippen LogP contribution in [0.1, 0.15) is 49.2 Å². The number of methoxy groups -OCH3 is 2. The van der Waals surface area contributed by atoms with Gasteiger partial charge in [0, 0.05) is 37.0 Å². The van der Waals surface area contributed by atoms with Crippen molar-refractivity contribution >= 4 is 6.29 Å². The molecule has 0 atom stereocenters. The van der Waals surface area contributed by atoms with Crippen LogP contribution in [0, 0.1) is 0 Å². The summed E-state index contributed by atoms with van der Waals surface area (Å²) in [7, 11) is 3.11. The molecule has 0 saturated heterocycles. The normalized spacial score (nSPS) is 10.2. The van der Waals surface area contributed by atoms with Gasteiger partial charge in [0.15, 0.2) is 19.9 Å². The first-order valence-corrected chi connectivity index (χ1v) is 8.58. The molecule has 0 aliphatic heterocycles. The molecule has 144 valence electrons. The molecule has 0 radical (unpaired) electrons. The van der Waals surface area contributed by atoms with E-state index in [2.05, 4.69) is 12.2 Å². The molecule has 0 heterocycles. The molecule has 0 aliphatic rings. The van der Waals surface area contributed by atoms with E-state index in [0.29, 0.717) is 29.9 Å². The van der Waals surface area contributed by atoms with Gasteiger partial charge in [-0.2, -0.15) is 0 Å². The van der Waals surface area contributed by atoms with Crippen LogP contribution in [0.4, 0.5) is 0 Å². The standard InChI is InChI=1S/C21H30O5/c1-15(2)7-9-17-19(12-22)18(10-8-16(3)4)21(26-14-24-6)11-20(17)25-13-23-5/h7-8,11-12H,9-10,13-14H2,1-6H3. The molecule has 0 amide bonds. The Kier molecular flexibility index (Phi) is 9.70. The lowest BCUT2D eigenvalue weighted by Crippen LogP contribution is -2.10. The van der Waals surface area contributed by atoms with Crippen LogP contribution in [0.25, 0.3) is 0 Å². The van der Waals surface area contributed by atoms with Crippen LogP contribution < -0.4 is 9.47 Å². The van der Waals surface area contributed by atoms with E-state index in [0.717, 1.165) is 17.4 Å². The molecule has 0 aromatic heterocycles. The van der Waals surface area contributed by atoms with Crippen molar-refractivity contribution in [3.63, 3.8) is 0 Å². The second-order valence-electron chi connectivity index (χ2n) is 6.43. The lowest BCUT2D eigenvalue weighted by molar-refractivity contribution is 0.0451. The van der Waals surface area contributed by atoms with Gasteiger partial charge in [0.1, 0.15) is 11.5 Å². The Balaban J connectivity index is 3.54. The van der Waals surface area contributed by atoms with E-state index in [1.807, 2.05) is 33.8 Å². The fraction of sp³-hybridized carbons (Fsp3) is 0.476. The van der Waals surface area contributed by atoms with Crippen molar-refractivity contribution in [1.82, 2.24) is 0 Å². The summed E-state index contributed by atoms with van der Waals surface area (Å²) >= 11 is 0. The molecule has 26 heavy (non-hydrogen) atoms. The van der Waals surface area contributed by atoms with Crippen molar-refractivity contribution in [1.29, 1.82) is 0 Å². The van der Waals surface area contributed by atoms with Crippen LogP contribution in [0.15, 0.2) is 29.4 Å². The molecule has 0 bridgehead atoms. The first-order valence-electron chi connectivity index (χ1n) is 8.58. The van der Waals surface area contributed by atoms with Gasteiger partial charge in [-0.25, -0.2) is 0 Å². The Morgan fingerprint density at radius 2 is 1.27 bits per heavy atom. The van der Waals surface area contributed by atoms with Crippen molar-refractivity contribution in [2.24, 2.45) is 0 Å². The lowest BCUT2D eigenvalue weighted by atomic mass is 9.94. The summed E-state index contributed by atoms with van der Waals surface area (Å²) in [6, 6.07) is 1.81. The van der Waals surface area contributed by atoms with Crippen LogP contribution in [0.2, 0.25) is 0 Å². The number of ether oxygens (including phenoxy) is 4. The Labute approximate surface area is 156 Å². The molecular weight excluding hydrogens is 332 g/mol. The zero-order valence-corrected chi connectivity index (χ0v) is 16.7. The largest absolute Gasteiger partial charge is 0.467 e. The predicted octanol–water partition coefficient (Wildman–Crippen LogP) is 4.48. The van der Waals surface area contributed by atoms with Gasteiger partial charge in [-0.1, -0.05) is 23.3 Å². The fourth-order valence-electron chi connectivity index (χ4n) is 2.42. The fourth-order valence-corrected chi connectivity index (χ4v) is 2.42. The van der Waals surface area contributed by atoms with Crippen molar-refractivity contribution < 1.29 is 23.7 Å². The van der Waals surface area contributed by atoms with E-state index in [-0.39, 0.29) is 13.6 Å². The number of rotatable bonds is 11. The smallest absolute Gasteiger partial charge is 0.188 e. The molecule has 0 saturated carbocycles. The van der Waals surface area contributed by atoms with Gasteiger partial charge in [0.25, 0.3) is 0 Å². The molecule has 0 unspecified atom stereocenters. The van der Waals surface area contributed by atoms with Crippen LogP contribution in [0.5, 0.6) is 11.5 Å². The second kappa shape index (κ2) is 11.5. The molecule has 0 spiro atoms. The zero-order valence-electron chi connectivity index (χ0n) is 16.7. The van der Waals surface area contributed by atoms with Gasteiger partial charge in [-0.15, -0.1) is 0 Å². The number of carbonyl (C=O) groups is 1. The van der Waals surface area contributed by atoms with Gasteiger partial charge in [-0.3, -0.25) is 4.79 Å². The van der Waals surface area contributed by atoms with Crippen molar-refractivity contribution in [2.45, 2.75) is 40.5 Å². The lowest BCUT2D eigenvalue weighted by Gasteiger charge is -2.19. The van der Waals surface area contributed by atoms with Gasteiger partial charge in [-0.05, 0) is 40.5 Å². The third kappa shape index (κ3) is 6.65. The second-order valence-corrected chi connectivity index (χ2v) is 6.43. The zero-order chi connectivity index (χ0) is 19.5. The maximum Gasteiger partial charge on any atom is 0.188 e. The minimum absolute atomic E-state index is 0.0944. The van der Waals surface area contributed by atoms with Gasteiger partial charge in [0.05, 0.1) is 0 Å². The molecule has 1 aromatic carbocycles. The van der Waals surface area contributed by atoms with Crippen LogP contribution >= 0.6 is 0 Å². The first-order chi connectivity index (χ1) is 12.4. The van der Waals surface area contributed by atoms with E-state index in [1.165, 1.54) is 11.1 Å². The maximum absolute atomic E-state index is 12.0. The number of aldehydes is 1. The maximum atomic E-state index is 12.0. The van der Waals surface area contributed by atoms with Crippen molar-refractivity contribution in [2.75, 3.05) is 27.8 Å². The number of hydrogen-bond donors (Lipinski definition) is 0. The summed E-state index contributed by atoms with van der Waals surface area (Å²) in [6.07, 6.45) is 6.22. The molecule has 1 rings (SSSR count). The highest BCUT2D eigenvalue weighted by Crippen LogP contribution is 2.35. The number of benzene rings is 1. The molecule has 5 nitrogen and oxygen atoms in total. The van der Waals surface area contributed by atoms with Gasteiger partial charge < -0.3 is 18.9 Å². The number of allylic oxidation sites excluding steroid dienone is 4. The number of hydrogen-bond acceptors (Lipinski definition) is 5. The summed E-state index contributed by atoms with van der Waals surface area (Å²) in [5.74, 6) is 1.16. The van der Waals surface area contributed by atoms with Crippen LogP contribution in [0.3, 0.4) is 0 Å². The van der Waals surface area contributed by atoms with E-state index in [9.17, 15) is 4.79 Å². The monoisotopic (exact) mass is 362 g/mol. The Hall–Kier alpha value is -2.11. The molecule has 0 fully saturated rings. The summed E-state index contributed by atoms with van der Waals surface area (Å²) in [6.45, 7) is 8.29. The highest BCUT2D eigenvalue weighted by Gasteiger charge is 2.19. The molecule has 1 aromatic rings. The minimum Gasteiger partial charge on any atom is -0.467 e. The van der Waals surface area contributed by atoms with Gasteiger partial charge in [0.2, 0.25) is 0 Å². The van der Waals surface area contributed by atoms with E-state index < -0.39 is 0 Å². The minimum atomic E-state index is 0.0944. The van der Waals surface area contributed by atoms with E-state index in [1.54, 1.807) is 14.2 Å². The molecular formula is C21H30O5. The summed E-state index contributed by atoms with van der Waals surface area (Å²) in [5.41, 5.74) is 4.61. The van der Waals surface area contributed by atoms with Crippen LogP contribution in [-0.4, -0.2) is 34.1 Å². The van der Waals surface area contributed by atoms with Crippen molar-refractivity contribution in [3.05, 3.63) is 46.1 Å². The highest BCUT2D eigenvalue weighted by molar-refractivity contribution is 5.83. The topological polar surface area (TPSA) is 54.0 Å². The highest BCUT2D eigenvalue weighted by atomic mass is 16.7. The molecule has 5 heteroatoms. The Morgan fingerprint density at radius 3 is 1.58 bits per heavy atom. The summed E-state index contributed by atoms with van der Waals surface area (Å²) in [4.78, 5) is 12.0. The SMILES string of the molecule is COCOc1cc(OCOC)c(CC=C(C)C)c(C=O)c1CC=C(C)C. The van der Waals surface area contributed by atoms with E-state index >= 15 is 0 Å². The third-order valence-electron chi connectivity index (χ3n) is 3.72. The molecule has 0 N–H and O–H groups in total. The van der Waals surface area contributed by atoms with Crippen molar-refractivity contribution in [3.8, 4) is 11.5 Å². The van der Waals surface area contributed by atoms with Gasteiger partial charge >= 0.3 is 0 Å². The third-order valence-corrected chi connectivity index (χ3v) is 3.72. The quantitative estimate of drug-likeness (QED) is 0.330. The first kappa shape index (κ1) is 21.9. The summed E-state index contributed by atoms with van der Waals surface area (Å²) < 4.78 is 21.5. The molecule has 0 aliphatic carbocycles. The Morgan fingerprint density at radius 1 is 0.846 bits per heavy atom. The predicted molar refractivity (Wildman–Crippen MR) is 103 cm³/mol. The van der Waals surface area contributed by atoms with E-state index in [4.69, 9.17) is 18.9 Å². The summed E-state index contributed by atoms with van der Waals surface area (Å²) in [5, 5.41) is 0.